The number of aliphatic imine (C=N–C) groups is 1. The molecule has 0 saturated heterocycles. The molecule has 1 aliphatic rings. The van der Waals surface area contributed by atoms with Crippen molar-refractivity contribution in [3.63, 3.8) is 0 Å². The van der Waals surface area contributed by atoms with Crippen LogP contribution < -0.4 is 0 Å². The third-order valence-electron chi connectivity index (χ3n) is 2.84. The Labute approximate surface area is 76.3 Å². The molecule has 0 bridgehead atoms. The van der Waals surface area contributed by atoms with Crippen molar-refractivity contribution in [2.24, 2.45) is 16.8 Å². The summed E-state index contributed by atoms with van der Waals surface area (Å²) in [6, 6.07) is 0. The van der Waals surface area contributed by atoms with E-state index in [9.17, 15) is 0 Å². The largest absolute Gasteiger partial charge is 0.294 e. The Kier molecular flexibility index (Phi) is 3.77. The number of nitrogens with zero attached hydrogens (tertiary/aromatic N) is 1. The highest BCUT2D eigenvalue weighted by atomic mass is 14.8. The molecule has 0 aromatic carbocycles. The minimum Gasteiger partial charge on any atom is -0.294 e. The van der Waals surface area contributed by atoms with Crippen molar-refractivity contribution in [1.82, 2.24) is 0 Å². The van der Waals surface area contributed by atoms with Crippen LogP contribution in [0.1, 0.15) is 46.5 Å². The smallest absolute Gasteiger partial charge is 0.0416 e. The molecule has 0 aromatic rings. The average Bonchev–Trinajstić information content (AvgIpc) is 2.28. The summed E-state index contributed by atoms with van der Waals surface area (Å²) in [5.41, 5.74) is 1.45. The number of hydrogen-bond acceptors (Lipinski definition) is 1. The average molecular weight is 167 g/mol. The quantitative estimate of drug-likeness (QED) is 0.598. The van der Waals surface area contributed by atoms with Crippen LogP contribution in [-0.2, 0) is 0 Å². The molecule has 0 spiro atoms. The molecule has 0 N–H and O–H groups in total. The van der Waals surface area contributed by atoms with Crippen molar-refractivity contribution in [1.29, 1.82) is 0 Å². The second-order valence-corrected chi connectivity index (χ2v) is 4.15. The fourth-order valence-electron chi connectivity index (χ4n) is 1.79. The van der Waals surface area contributed by atoms with Crippen LogP contribution >= 0.6 is 0 Å². The van der Waals surface area contributed by atoms with Gasteiger partial charge in [-0.1, -0.05) is 27.2 Å². The van der Waals surface area contributed by atoms with Crippen LogP contribution in [0.15, 0.2) is 4.99 Å². The maximum Gasteiger partial charge on any atom is 0.0416 e. The molecular weight excluding hydrogens is 146 g/mol. The van der Waals surface area contributed by atoms with Gasteiger partial charge >= 0.3 is 0 Å². The Bertz CT molecular complexity index is 158. The van der Waals surface area contributed by atoms with Crippen molar-refractivity contribution in [2.75, 3.05) is 6.54 Å². The molecule has 1 atom stereocenters. The Morgan fingerprint density at radius 3 is 2.83 bits per heavy atom. The van der Waals surface area contributed by atoms with Crippen molar-refractivity contribution < 1.29 is 0 Å². The SMILES string of the molecule is CCC1CCCC(C(C)C)=NC1. The molecule has 0 amide bonds. The lowest BCUT2D eigenvalue weighted by Gasteiger charge is -2.07. The van der Waals surface area contributed by atoms with Gasteiger partial charge in [-0.15, -0.1) is 0 Å². The van der Waals surface area contributed by atoms with Crippen LogP contribution in [0, 0.1) is 11.8 Å². The van der Waals surface area contributed by atoms with Crippen LogP contribution in [0.4, 0.5) is 0 Å². The van der Waals surface area contributed by atoms with E-state index in [1.807, 2.05) is 0 Å². The van der Waals surface area contributed by atoms with E-state index >= 15 is 0 Å². The molecule has 0 radical (unpaired) electrons. The molecular formula is C11H21N. The predicted molar refractivity (Wildman–Crippen MR) is 54.8 cm³/mol. The zero-order valence-electron chi connectivity index (χ0n) is 8.64. The molecule has 1 rings (SSSR count). The van der Waals surface area contributed by atoms with Crippen LogP contribution in [0.3, 0.4) is 0 Å². The molecule has 0 saturated carbocycles. The van der Waals surface area contributed by atoms with Gasteiger partial charge in [0.1, 0.15) is 0 Å². The zero-order chi connectivity index (χ0) is 8.97. The maximum absolute atomic E-state index is 4.69. The van der Waals surface area contributed by atoms with Gasteiger partial charge in [-0.2, -0.15) is 0 Å². The van der Waals surface area contributed by atoms with E-state index in [1.165, 1.54) is 31.4 Å². The predicted octanol–water partition coefficient (Wildman–Crippen LogP) is 3.29. The summed E-state index contributed by atoms with van der Waals surface area (Å²) in [4.78, 5) is 4.69. The highest BCUT2D eigenvalue weighted by molar-refractivity contribution is 5.86. The molecule has 12 heavy (non-hydrogen) atoms. The highest BCUT2D eigenvalue weighted by Gasteiger charge is 2.13. The van der Waals surface area contributed by atoms with E-state index in [1.54, 1.807) is 0 Å². The zero-order valence-corrected chi connectivity index (χ0v) is 8.64. The Morgan fingerprint density at radius 1 is 1.50 bits per heavy atom. The molecule has 0 aromatic heterocycles. The summed E-state index contributed by atoms with van der Waals surface area (Å²) in [6.07, 6.45) is 5.29. The van der Waals surface area contributed by atoms with Crippen LogP contribution in [-0.4, -0.2) is 12.3 Å². The second kappa shape index (κ2) is 4.64. The fourth-order valence-corrected chi connectivity index (χ4v) is 1.79. The van der Waals surface area contributed by atoms with E-state index in [0.717, 1.165) is 12.5 Å². The first-order valence-corrected chi connectivity index (χ1v) is 5.27. The summed E-state index contributed by atoms with van der Waals surface area (Å²) < 4.78 is 0. The monoisotopic (exact) mass is 167 g/mol. The summed E-state index contributed by atoms with van der Waals surface area (Å²) in [5, 5.41) is 0. The van der Waals surface area contributed by atoms with E-state index < -0.39 is 0 Å². The highest BCUT2D eigenvalue weighted by Crippen LogP contribution is 2.19. The Morgan fingerprint density at radius 2 is 2.25 bits per heavy atom. The van der Waals surface area contributed by atoms with Gasteiger partial charge in [0.2, 0.25) is 0 Å². The number of rotatable bonds is 2. The lowest BCUT2D eigenvalue weighted by Crippen LogP contribution is -2.06. The normalized spacial score (nSPS) is 25.3. The first-order chi connectivity index (χ1) is 5.74. The van der Waals surface area contributed by atoms with E-state index in [0.29, 0.717) is 5.92 Å². The van der Waals surface area contributed by atoms with Crippen LogP contribution in [0.2, 0.25) is 0 Å². The topological polar surface area (TPSA) is 12.4 Å². The fraction of sp³-hybridized carbons (Fsp3) is 0.909. The number of hydrogen-bond donors (Lipinski definition) is 0. The first-order valence-electron chi connectivity index (χ1n) is 5.27. The van der Waals surface area contributed by atoms with E-state index in [4.69, 9.17) is 4.99 Å². The minimum atomic E-state index is 0.667. The maximum atomic E-state index is 4.69. The molecule has 70 valence electrons. The van der Waals surface area contributed by atoms with Gasteiger partial charge in [-0.05, 0) is 31.1 Å². The van der Waals surface area contributed by atoms with Crippen LogP contribution in [0.5, 0.6) is 0 Å². The molecule has 1 heterocycles. The summed E-state index contributed by atoms with van der Waals surface area (Å²) in [5.74, 6) is 1.53. The Balaban J connectivity index is 2.50. The minimum absolute atomic E-state index is 0.667. The lowest BCUT2D eigenvalue weighted by molar-refractivity contribution is 0.481. The molecule has 1 heteroatoms. The van der Waals surface area contributed by atoms with Gasteiger partial charge in [0.15, 0.2) is 0 Å². The van der Waals surface area contributed by atoms with Gasteiger partial charge in [0.05, 0.1) is 0 Å². The summed E-state index contributed by atoms with van der Waals surface area (Å²) >= 11 is 0. The molecule has 1 aliphatic heterocycles. The Hall–Kier alpha value is -0.330. The molecule has 1 nitrogen and oxygen atoms in total. The second-order valence-electron chi connectivity index (χ2n) is 4.15. The standard InChI is InChI=1S/C11H21N/c1-4-10-6-5-7-11(9(2)3)12-8-10/h9-10H,4-8H2,1-3H3. The van der Waals surface area contributed by atoms with Gasteiger partial charge in [0, 0.05) is 12.3 Å². The van der Waals surface area contributed by atoms with Crippen molar-refractivity contribution >= 4 is 5.71 Å². The first kappa shape index (κ1) is 9.76. The van der Waals surface area contributed by atoms with Gasteiger partial charge in [0.25, 0.3) is 0 Å². The summed E-state index contributed by atoms with van der Waals surface area (Å²) in [7, 11) is 0. The molecule has 1 unspecified atom stereocenters. The van der Waals surface area contributed by atoms with Gasteiger partial charge in [-0.25, -0.2) is 0 Å². The molecule has 0 aliphatic carbocycles. The van der Waals surface area contributed by atoms with E-state index in [-0.39, 0.29) is 0 Å². The summed E-state index contributed by atoms with van der Waals surface area (Å²) in [6.45, 7) is 7.88. The van der Waals surface area contributed by atoms with Crippen molar-refractivity contribution in [2.45, 2.75) is 46.5 Å². The van der Waals surface area contributed by atoms with Crippen LogP contribution in [0.25, 0.3) is 0 Å². The third kappa shape index (κ3) is 2.62. The van der Waals surface area contributed by atoms with Gasteiger partial charge < -0.3 is 0 Å². The van der Waals surface area contributed by atoms with Crippen molar-refractivity contribution in [3.8, 4) is 0 Å². The molecule has 0 fully saturated rings. The third-order valence-corrected chi connectivity index (χ3v) is 2.84. The lowest BCUT2D eigenvalue weighted by atomic mass is 9.98. The van der Waals surface area contributed by atoms with Crippen molar-refractivity contribution in [3.05, 3.63) is 0 Å². The van der Waals surface area contributed by atoms with E-state index in [2.05, 4.69) is 20.8 Å². The van der Waals surface area contributed by atoms with Gasteiger partial charge in [-0.3, -0.25) is 4.99 Å².